The Bertz CT molecular complexity index is 472. The molecule has 0 radical (unpaired) electrons. The highest BCUT2D eigenvalue weighted by molar-refractivity contribution is 5.98. The average Bonchev–Trinajstić information content (AvgIpc) is 2.37. The Kier molecular flexibility index (Phi) is 4.53. The van der Waals surface area contributed by atoms with Crippen LogP contribution in [-0.2, 0) is 0 Å². The minimum absolute atomic E-state index is 0.0533. The molecule has 0 aliphatic carbocycles. The first kappa shape index (κ1) is 13.8. The van der Waals surface area contributed by atoms with Gasteiger partial charge in [-0.2, -0.15) is 0 Å². The molecule has 1 rings (SSSR count). The largest absolute Gasteiger partial charge is 0.496 e. The van der Waals surface area contributed by atoms with E-state index < -0.39 is 6.04 Å². The van der Waals surface area contributed by atoms with Crippen LogP contribution in [0.3, 0.4) is 0 Å². The zero-order chi connectivity index (χ0) is 13.7. The molecule has 1 amide bonds. The van der Waals surface area contributed by atoms with Crippen molar-refractivity contribution in [2.75, 3.05) is 7.11 Å². The van der Waals surface area contributed by atoms with Gasteiger partial charge in [-0.3, -0.25) is 4.79 Å². The number of hydrogen-bond acceptors (Lipinski definition) is 4. The molecule has 0 saturated carbocycles. The van der Waals surface area contributed by atoms with Gasteiger partial charge in [-0.15, -0.1) is 0 Å². The first-order chi connectivity index (χ1) is 8.49. The zero-order valence-corrected chi connectivity index (χ0v) is 10.6. The van der Waals surface area contributed by atoms with Crippen molar-refractivity contribution < 1.29 is 14.7 Å². The van der Waals surface area contributed by atoms with Crippen molar-refractivity contribution in [1.29, 1.82) is 0 Å². The lowest BCUT2D eigenvalue weighted by molar-refractivity contribution is 0.0948. The van der Waals surface area contributed by atoms with Crippen molar-refractivity contribution in [3.05, 3.63) is 29.3 Å². The standard InChI is InChI=1S/C12H17N3O3/c1-7-4-5-9(6-10(7)18-3)12(16)14-8(2)11(13)15-17/h4-6,8,17H,1-3H3,(H2,13,15)(H,14,16). The maximum absolute atomic E-state index is 11.9. The van der Waals surface area contributed by atoms with Crippen molar-refractivity contribution in [2.45, 2.75) is 19.9 Å². The summed E-state index contributed by atoms with van der Waals surface area (Å²) in [6, 6.07) is 4.58. The number of amides is 1. The van der Waals surface area contributed by atoms with Gasteiger partial charge in [0.05, 0.1) is 13.2 Å². The van der Waals surface area contributed by atoms with Crippen LogP contribution in [0.4, 0.5) is 0 Å². The van der Waals surface area contributed by atoms with Crippen LogP contribution >= 0.6 is 0 Å². The van der Waals surface area contributed by atoms with E-state index in [-0.39, 0.29) is 11.7 Å². The van der Waals surface area contributed by atoms with E-state index >= 15 is 0 Å². The van der Waals surface area contributed by atoms with E-state index in [1.807, 2.05) is 6.92 Å². The molecule has 6 heteroatoms. The highest BCUT2D eigenvalue weighted by Gasteiger charge is 2.14. The molecule has 6 nitrogen and oxygen atoms in total. The lowest BCUT2D eigenvalue weighted by atomic mass is 10.1. The van der Waals surface area contributed by atoms with Gasteiger partial charge < -0.3 is 21.0 Å². The molecule has 98 valence electrons. The maximum atomic E-state index is 11.9. The predicted molar refractivity (Wildman–Crippen MR) is 68.1 cm³/mol. The number of carbonyl (C=O) groups is 1. The lowest BCUT2D eigenvalue weighted by Gasteiger charge is -2.13. The van der Waals surface area contributed by atoms with Crippen LogP contribution < -0.4 is 15.8 Å². The summed E-state index contributed by atoms with van der Waals surface area (Å²) in [5.41, 5.74) is 6.78. The van der Waals surface area contributed by atoms with E-state index in [0.717, 1.165) is 5.56 Å². The minimum atomic E-state index is -0.546. The normalized spacial score (nSPS) is 12.9. The number of amidine groups is 1. The number of hydrogen-bond donors (Lipinski definition) is 3. The van der Waals surface area contributed by atoms with Crippen molar-refractivity contribution in [3.63, 3.8) is 0 Å². The predicted octanol–water partition coefficient (Wildman–Crippen LogP) is 0.868. The Labute approximate surface area is 105 Å². The lowest BCUT2D eigenvalue weighted by Crippen LogP contribution is -2.42. The molecule has 0 aromatic heterocycles. The second-order valence-corrected chi connectivity index (χ2v) is 3.90. The van der Waals surface area contributed by atoms with Gasteiger partial charge in [0, 0.05) is 5.56 Å². The molecule has 0 heterocycles. The summed E-state index contributed by atoms with van der Waals surface area (Å²) in [5.74, 6) is 0.272. The Morgan fingerprint density at radius 3 is 2.78 bits per heavy atom. The molecular weight excluding hydrogens is 234 g/mol. The second kappa shape index (κ2) is 5.90. The van der Waals surface area contributed by atoms with Gasteiger partial charge in [0.15, 0.2) is 5.84 Å². The van der Waals surface area contributed by atoms with E-state index in [2.05, 4.69) is 10.5 Å². The number of carbonyl (C=O) groups excluding carboxylic acids is 1. The number of oxime groups is 1. The summed E-state index contributed by atoms with van der Waals surface area (Å²) in [6.07, 6.45) is 0. The zero-order valence-electron chi connectivity index (χ0n) is 10.6. The molecular formula is C12H17N3O3. The van der Waals surface area contributed by atoms with Crippen molar-refractivity contribution in [2.24, 2.45) is 10.9 Å². The molecule has 0 aliphatic heterocycles. The number of aryl methyl sites for hydroxylation is 1. The molecule has 18 heavy (non-hydrogen) atoms. The first-order valence-electron chi connectivity index (χ1n) is 5.42. The third kappa shape index (κ3) is 3.13. The molecule has 0 aliphatic rings. The molecule has 1 aromatic rings. The highest BCUT2D eigenvalue weighted by Crippen LogP contribution is 2.18. The van der Waals surface area contributed by atoms with Crippen LogP contribution in [0.1, 0.15) is 22.8 Å². The summed E-state index contributed by atoms with van der Waals surface area (Å²) < 4.78 is 5.14. The van der Waals surface area contributed by atoms with Crippen molar-refractivity contribution in [3.8, 4) is 5.75 Å². The van der Waals surface area contributed by atoms with Gasteiger partial charge in [0.1, 0.15) is 5.75 Å². The first-order valence-corrected chi connectivity index (χ1v) is 5.42. The van der Waals surface area contributed by atoms with Gasteiger partial charge >= 0.3 is 0 Å². The summed E-state index contributed by atoms with van der Waals surface area (Å²) in [6.45, 7) is 3.51. The van der Waals surface area contributed by atoms with Crippen LogP contribution in [0.2, 0.25) is 0 Å². The summed E-state index contributed by atoms with van der Waals surface area (Å²) in [4.78, 5) is 11.9. The fraction of sp³-hybridized carbons (Fsp3) is 0.333. The summed E-state index contributed by atoms with van der Waals surface area (Å²) in [7, 11) is 1.54. The molecule has 1 aromatic carbocycles. The van der Waals surface area contributed by atoms with E-state index in [9.17, 15) is 4.79 Å². The van der Waals surface area contributed by atoms with Crippen LogP contribution in [-0.4, -0.2) is 30.1 Å². The van der Waals surface area contributed by atoms with Gasteiger partial charge in [0.25, 0.3) is 5.91 Å². The number of nitrogens with one attached hydrogen (secondary N) is 1. The van der Waals surface area contributed by atoms with Crippen molar-refractivity contribution in [1.82, 2.24) is 5.32 Å². The average molecular weight is 251 g/mol. The summed E-state index contributed by atoms with van der Waals surface area (Å²) >= 11 is 0. The fourth-order valence-corrected chi connectivity index (χ4v) is 1.40. The van der Waals surface area contributed by atoms with Gasteiger partial charge in [-0.05, 0) is 31.5 Å². The molecule has 0 fully saturated rings. The van der Waals surface area contributed by atoms with Crippen molar-refractivity contribution >= 4 is 11.7 Å². The van der Waals surface area contributed by atoms with Crippen LogP contribution in [0.5, 0.6) is 5.75 Å². The Morgan fingerprint density at radius 2 is 2.22 bits per heavy atom. The SMILES string of the molecule is COc1cc(C(=O)NC(C)/C(N)=N/O)ccc1C. The number of benzene rings is 1. The Hall–Kier alpha value is -2.24. The second-order valence-electron chi connectivity index (χ2n) is 3.90. The molecule has 0 saturated heterocycles. The van der Waals surface area contributed by atoms with E-state index in [1.54, 1.807) is 32.2 Å². The smallest absolute Gasteiger partial charge is 0.251 e. The Balaban J connectivity index is 2.85. The number of nitrogens with two attached hydrogens (primary N) is 1. The maximum Gasteiger partial charge on any atom is 0.251 e. The van der Waals surface area contributed by atoms with Crippen LogP contribution in [0.15, 0.2) is 23.4 Å². The van der Waals surface area contributed by atoms with Gasteiger partial charge in [-0.1, -0.05) is 11.2 Å². The highest BCUT2D eigenvalue weighted by atomic mass is 16.5. The number of methoxy groups -OCH3 is 1. The van der Waals surface area contributed by atoms with E-state index in [4.69, 9.17) is 15.7 Å². The molecule has 1 atom stereocenters. The Morgan fingerprint density at radius 1 is 1.56 bits per heavy atom. The summed E-state index contributed by atoms with van der Waals surface area (Å²) in [5, 5.41) is 13.9. The van der Waals surface area contributed by atoms with E-state index in [1.165, 1.54) is 0 Å². The molecule has 0 spiro atoms. The third-order valence-corrected chi connectivity index (χ3v) is 2.58. The number of ether oxygens (including phenoxy) is 1. The van der Waals surface area contributed by atoms with Gasteiger partial charge in [0.2, 0.25) is 0 Å². The number of nitrogens with zero attached hydrogens (tertiary/aromatic N) is 1. The molecule has 0 bridgehead atoms. The van der Waals surface area contributed by atoms with E-state index in [0.29, 0.717) is 11.3 Å². The third-order valence-electron chi connectivity index (χ3n) is 2.58. The van der Waals surface area contributed by atoms with Gasteiger partial charge in [-0.25, -0.2) is 0 Å². The monoisotopic (exact) mass is 251 g/mol. The quantitative estimate of drug-likeness (QED) is 0.320. The fourth-order valence-electron chi connectivity index (χ4n) is 1.40. The number of rotatable bonds is 4. The molecule has 1 unspecified atom stereocenters. The van der Waals surface area contributed by atoms with Crippen LogP contribution in [0, 0.1) is 6.92 Å². The molecule has 4 N–H and O–H groups in total. The topological polar surface area (TPSA) is 96.9 Å². The van der Waals surface area contributed by atoms with Crippen LogP contribution in [0.25, 0.3) is 0 Å². The minimum Gasteiger partial charge on any atom is -0.496 e.